The normalized spacial score (nSPS) is 17.9. The molecule has 0 spiro atoms. The maximum Gasteiger partial charge on any atom is 0.338 e. The van der Waals surface area contributed by atoms with Crippen molar-refractivity contribution in [2.75, 3.05) is 11.8 Å². The second-order valence-corrected chi connectivity index (χ2v) is 12.4. The lowest BCUT2D eigenvalue weighted by Gasteiger charge is -2.26. The van der Waals surface area contributed by atoms with Gasteiger partial charge in [0.1, 0.15) is 16.6 Å². The van der Waals surface area contributed by atoms with Crippen molar-refractivity contribution in [1.29, 1.82) is 0 Å². The number of methoxy groups -OCH3 is 1. The minimum absolute atomic E-state index is 0.0616. The number of hydrogen-bond donors (Lipinski definition) is 2. The topological polar surface area (TPSA) is 106 Å². The molecule has 0 atom stereocenters. The number of carboxylic acid groups (broad SMARTS) is 1. The van der Waals surface area contributed by atoms with Crippen LogP contribution in [-0.4, -0.2) is 31.6 Å². The molecule has 0 bridgehead atoms. The highest BCUT2D eigenvalue weighted by Gasteiger charge is 2.22. The molecule has 1 aliphatic carbocycles. The second kappa shape index (κ2) is 10.3. The number of nitrogens with zero attached hydrogens (tertiary/aromatic N) is 1. The lowest BCUT2D eigenvalue weighted by Crippen LogP contribution is -2.14. The Hall–Kier alpha value is -3.50. The van der Waals surface area contributed by atoms with Gasteiger partial charge in [0.15, 0.2) is 0 Å². The summed E-state index contributed by atoms with van der Waals surface area (Å²) in [5.41, 5.74) is 2.02. The summed E-state index contributed by atoms with van der Waals surface area (Å²) in [6.45, 7) is 2.31. The predicted molar refractivity (Wildman–Crippen MR) is 146 cm³/mol. The average molecular weight is 555 g/mol. The van der Waals surface area contributed by atoms with Crippen LogP contribution in [0.3, 0.4) is 0 Å². The van der Waals surface area contributed by atoms with E-state index in [1.807, 2.05) is 0 Å². The Balaban J connectivity index is 1.39. The minimum Gasteiger partial charge on any atom is -0.495 e. The summed E-state index contributed by atoms with van der Waals surface area (Å²) in [5, 5.41) is 9.90. The van der Waals surface area contributed by atoms with Crippen LogP contribution in [-0.2, 0) is 10.0 Å². The van der Waals surface area contributed by atoms with E-state index in [9.17, 15) is 17.6 Å². The molecule has 0 amide bonds. The number of carbonyl (C=O) groups is 1. The monoisotopic (exact) mass is 554 g/mol. The number of hydrogen-bond acceptors (Lipinski definition) is 6. The van der Waals surface area contributed by atoms with Crippen LogP contribution in [0.5, 0.6) is 5.75 Å². The average Bonchev–Trinajstić information content (AvgIpc) is 3.33. The van der Waals surface area contributed by atoms with Crippen molar-refractivity contribution >= 4 is 43.2 Å². The van der Waals surface area contributed by atoms with Gasteiger partial charge in [-0.25, -0.2) is 22.6 Å². The molecule has 1 fully saturated rings. The summed E-state index contributed by atoms with van der Waals surface area (Å²) in [6, 6.07) is 14.8. The fourth-order valence-electron chi connectivity index (χ4n) is 4.86. The lowest BCUT2D eigenvalue weighted by molar-refractivity contribution is 0.0691. The number of sulfonamides is 1. The number of rotatable bonds is 7. The fraction of sp³-hybridized carbons (Fsp3) is 0.286. The van der Waals surface area contributed by atoms with Gasteiger partial charge in [0.05, 0.1) is 33.5 Å². The Morgan fingerprint density at radius 1 is 1.08 bits per heavy atom. The number of benzene rings is 3. The quantitative estimate of drug-likeness (QED) is 0.257. The second-order valence-electron chi connectivity index (χ2n) is 9.67. The van der Waals surface area contributed by atoms with Gasteiger partial charge in [0.25, 0.3) is 10.0 Å². The van der Waals surface area contributed by atoms with E-state index in [1.165, 1.54) is 61.8 Å². The van der Waals surface area contributed by atoms with Crippen LogP contribution in [0, 0.1) is 11.7 Å². The van der Waals surface area contributed by atoms with Crippen molar-refractivity contribution in [2.45, 2.75) is 43.4 Å². The van der Waals surface area contributed by atoms with E-state index in [1.54, 1.807) is 6.07 Å². The molecule has 1 aliphatic rings. The molecule has 0 saturated heterocycles. The summed E-state index contributed by atoms with van der Waals surface area (Å²) in [7, 11) is -2.91. The Morgan fingerprint density at radius 3 is 2.45 bits per heavy atom. The van der Waals surface area contributed by atoms with Crippen LogP contribution in [0.15, 0.2) is 59.5 Å². The van der Waals surface area contributed by atoms with Crippen LogP contribution in [0.2, 0.25) is 0 Å². The fourth-order valence-corrected chi connectivity index (χ4v) is 6.89. The van der Waals surface area contributed by atoms with E-state index in [0.29, 0.717) is 11.4 Å². The molecule has 38 heavy (non-hydrogen) atoms. The molecule has 1 saturated carbocycles. The zero-order valence-electron chi connectivity index (χ0n) is 20.9. The summed E-state index contributed by atoms with van der Waals surface area (Å²) in [4.78, 5) is 15.8. The number of ether oxygens (including phenoxy) is 1. The van der Waals surface area contributed by atoms with Crippen molar-refractivity contribution in [2.24, 2.45) is 5.92 Å². The van der Waals surface area contributed by atoms with E-state index in [0.717, 1.165) is 33.3 Å². The molecule has 5 rings (SSSR count). The zero-order chi connectivity index (χ0) is 27.0. The molecule has 1 heterocycles. The lowest BCUT2D eigenvalue weighted by atomic mass is 9.79. The van der Waals surface area contributed by atoms with E-state index in [-0.39, 0.29) is 16.3 Å². The number of carboxylic acids is 1. The number of anilines is 1. The maximum atomic E-state index is 14.2. The van der Waals surface area contributed by atoms with Gasteiger partial charge in [-0.1, -0.05) is 44.0 Å². The van der Waals surface area contributed by atoms with Crippen molar-refractivity contribution in [1.82, 2.24) is 4.98 Å². The van der Waals surface area contributed by atoms with E-state index in [4.69, 9.17) is 9.84 Å². The predicted octanol–water partition coefficient (Wildman–Crippen LogP) is 6.90. The number of aromatic nitrogens is 1. The van der Waals surface area contributed by atoms with Crippen LogP contribution < -0.4 is 9.46 Å². The Bertz CT molecular complexity index is 1610. The first-order valence-corrected chi connectivity index (χ1v) is 14.6. The molecular formula is C28H27FN2O5S2. The first kappa shape index (κ1) is 26.1. The number of thiazole rings is 1. The van der Waals surface area contributed by atoms with Gasteiger partial charge in [-0.15, -0.1) is 11.3 Å². The third-order valence-corrected chi connectivity index (χ3v) is 9.53. The highest BCUT2D eigenvalue weighted by molar-refractivity contribution is 7.92. The first-order valence-electron chi connectivity index (χ1n) is 12.3. The van der Waals surface area contributed by atoms with Crippen molar-refractivity contribution in [3.05, 3.63) is 71.5 Å². The highest BCUT2D eigenvalue weighted by Crippen LogP contribution is 2.37. The Labute approximate surface area is 224 Å². The van der Waals surface area contributed by atoms with Crippen molar-refractivity contribution in [3.63, 3.8) is 0 Å². The van der Waals surface area contributed by atoms with E-state index in [2.05, 4.69) is 40.9 Å². The molecular weight excluding hydrogens is 527 g/mol. The Kier molecular flexibility index (Phi) is 7.11. The van der Waals surface area contributed by atoms with E-state index >= 15 is 0 Å². The molecule has 0 aliphatic heterocycles. The van der Waals surface area contributed by atoms with Gasteiger partial charge in [0, 0.05) is 11.6 Å². The largest absolute Gasteiger partial charge is 0.495 e. The summed E-state index contributed by atoms with van der Waals surface area (Å²) < 4.78 is 48.6. The first-order chi connectivity index (χ1) is 18.1. The third-order valence-electron chi connectivity index (χ3n) is 7.08. The number of aromatic carboxylic acids is 1. The number of fused-ring (bicyclic) bond motifs is 1. The molecule has 1 aromatic heterocycles. The number of nitrogens with one attached hydrogen (secondary N) is 1. The van der Waals surface area contributed by atoms with Gasteiger partial charge in [0.2, 0.25) is 0 Å². The van der Waals surface area contributed by atoms with Crippen LogP contribution in [0.1, 0.15) is 54.4 Å². The highest BCUT2D eigenvalue weighted by atomic mass is 32.2. The minimum atomic E-state index is -4.14. The summed E-state index contributed by atoms with van der Waals surface area (Å²) in [5.74, 6) is -1.28. The molecule has 0 unspecified atom stereocenters. The van der Waals surface area contributed by atoms with Crippen LogP contribution >= 0.6 is 11.3 Å². The standard InChI is InChI=1S/C28H27FN2O5S2/c1-16-3-5-17(6-4-16)18-7-9-19(10-8-18)27-30-24-13-20(11-12-26(24)37-27)38(34,35)31-23-15-22(29)21(28(32)33)14-25(23)36-2/h7-17,31H,3-6H2,1-2H3,(H,32,33)/t16-,17-. The van der Waals surface area contributed by atoms with Crippen LogP contribution in [0.25, 0.3) is 20.8 Å². The maximum absolute atomic E-state index is 14.2. The van der Waals surface area contributed by atoms with Gasteiger partial charge in [-0.2, -0.15) is 0 Å². The molecule has 0 radical (unpaired) electrons. The summed E-state index contributed by atoms with van der Waals surface area (Å²) >= 11 is 1.48. The van der Waals surface area contributed by atoms with Crippen molar-refractivity contribution in [3.8, 4) is 16.3 Å². The molecule has 2 N–H and O–H groups in total. The van der Waals surface area contributed by atoms with Gasteiger partial charge in [-0.05, 0) is 54.5 Å². The van der Waals surface area contributed by atoms with Gasteiger partial charge >= 0.3 is 5.97 Å². The number of halogens is 1. The van der Waals surface area contributed by atoms with Gasteiger partial charge < -0.3 is 9.84 Å². The molecule has 10 heteroatoms. The van der Waals surface area contributed by atoms with Crippen molar-refractivity contribution < 1.29 is 27.4 Å². The summed E-state index contributed by atoms with van der Waals surface area (Å²) in [6.07, 6.45) is 4.96. The smallest absolute Gasteiger partial charge is 0.338 e. The Morgan fingerprint density at radius 2 is 1.79 bits per heavy atom. The molecule has 7 nitrogen and oxygen atoms in total. The van der Waals surface area contributed by atoms with Gasteiger partial charge in [-0.3, -0.25) is 4.72 Å². The third kappa shape index (κ3) is 5.23. The SMILES string of the molecule is COc1cc(C(=O)O)c(F)cc1NS(=O)(=O)c1ccc2sc(-c3ccc([C@H]4CC[C@H](C)CC4)cc3)nc2c1. The zero-order valence-corrected chi connectivity index (χ0v) is 22.5. The molecule has 198 valence electrons. The molecule has 3 aromatic carbocycles. The van der Waals surface area contributed by atoms with E-state index < -0.39 is 27.4 Å². The van der Waals surface area contributed by atoms with Crippen LogP contribution in [0.4, 0.5) is 10.1 Å². The molecule has 4 aromatic rings.